The summed E-state index contributed by atoms with van der Waals surface area (Å²) in [5.74, 6) is -1.47. The van der Waals surface area contributed by atoms with Crippen molar-refractivity contribution < 1.29 is 14.0 Å². The van der Waals surface area contributed by atoms with Gasteiger partial charge in [0, 0.05) is 12.1 Å². The Hall–Kier alpha value is -5.31. The summed E-state index contributed by atoms with van der Waals surface area (Å²) >= 11 is 0. The molecule has 0 atom stereocenters. The zero-order valence-electron chi connectivity index (χ0n) is 22.3. The van der Waals surface area contributed by atoms with E-state index in [2.05, 4.69) is 10.6 Å². The molecule has 9 heteroatoms. The Morgan fingerprint density at radius 3 is 2.17 bits per heavy atom. The molecular formula is C32H27FN4O4. The minimum Gasteiger partial charge on any atom is -0.348 e. The topological polar surface area (TPSA) is 102 Å². The van der Waals surface area contributed by atoms with Crippen molar-refractivity contribution in [1.82, 2.24) is 14.5 Å². The predicted molar refractivity (Wildman–Crippen MR) is 155 cm³/mol. The summed E-state index contributed by atoms with van der Waals surface area (Å²) in [7, 11) is 0. The standard InChI is InChI=1S/C32H27FN4O4/c1-21-10-12-22(13-11-21)18-34-30(39)24-16-14-23(15-17-24)19-37-31(40)25-6-2-5-9-28(25)36(32(37)41)20-29(38)35-27-8-4-3-7-26(27)33/h2-17H,18-20H2,1H3,(H,34,39)(H,35,38). The number of amides is 2. The van der Waals surface area contributed by atoms with E-state index in [0.29, 0.717) is 23.2 Å². The third-order valence-corrected chi connectivity index (χ3v) is 6.71. The van der Waals surface area contributed by atoms with E-state index >= 15 is 0 Å². The number of fused-ring (bicyclic) bond motifs is 1. The number of rotatable bonds is 8. The van der Waals surface area contributed by atoms with E-state index in [9.17, 15) is 23.6 Å². The Balaban J connectivity index is 1.37. The summed E-state index contributed by atoms with van der Waals surface area (Å²) in [5.41, 5.74) is 2.28. The van der Waals surface area contributed by atoms with E-state index < -0.39 is 29.5 Å². The largest absolute Gasteiger partial charge is 0.348 e. The van der Waals surface area contributed by atoms with Crippen LogP contribution in [0.3, 0.4) is 0 Å². The second-order valence-corrected chi connectivity index (χ2v) is 9.67. The van der Waals surface area contributed by atoms with Crippen molar-refractivity contribution in [2.24, 2.45) is 0 Å². The minimum absolute atomic E-state index is 0.00818. The van der Waals surface area contributed by atoms with Gasteiger partial charge in [-0.1, -0.05) is 66.2 Å². The highest BCUT2D eigenvalue weighted by Crippen LogP contribution is 2.14. The van der Waals surface area contributed by atoms with Gasteiger partial charge in [0.25, 0.3) is 11.5 Å². The molecule has 0 aliphatic rings. The molecular weight excluding hydrogens is 523 g/mol. The molecule has 0 radical (unpaired) electrons. The average Bonchev–Trinajstić information content (AvgIpc) is 2.98. The second-order valence-electron chi connectivity index (χ2n) is 9.67. The molecule has 0 aliphatic heterocycles. The molecule has 5 rings (SSSR count). The highest BCUT2D eigenvalue weighted by atomic mass is 19.1. The molecule has 0 fully saturated rings. The van der Waals surface area contributed by atoms with E-state index in [0.717, 1.165) is 15.7 Å². The number of hydrogen-bond acceptors (Lipinski definition) is 4. The molecule has 2 N–H and O–H groups in total. The maximum atomic E-state index is 14.0. The number of nitrogens with one attached hydrogen (secondary N) is 2. The first-order valence-corrected chi connectivity index (χ1v) is 13.0. The molecule has 0 saturated heterocycles. The first-order valence-electron chi connectivity index (χ1n) is 13.0. The quantitative estimate of drug-likeness (QED) is 0.302. The summed E-state index contributed by atoms with van der Waals surface area (Å²) in [6.07, 6.45) is 0. The van der Waals surface area contributed by atoms with Crippen molar-refractivity contribution in [3.8, 4) is 0 Å². The van der Waals surface area contributed by atoms with Gasteiger partial charge in [0.1, 0.15) is 12.4 Å². The lowest BCUT2D eigenvalue weighted by molar-refractivity contribution is -0.116. The molecule has 206 valence electrons. The fraction of sp³-hybridized carbons (Fsp3) is 0.125. The molecule has 0 bridgehead atoms. The van der Waals surface area contributed by atoms with E-state index in [1.165, 1.54) is 22.8 Å². The maximum absolute atomic E-state index is 14.0. The average molecular weight is 551 g/mol. The number of carbonyl (C=O) groups excluding carboxylic acids is 2. The monoisotopic (exact) mass is 550 g/mol. The van der Waals surface area contributed by atoms with Crippen LogP contribution >= 0.6 is 0 Å². The molecule has 0 aliphatic carbocycles. The SMILES string of the molecule is Cc1ccc(CNC(=O)c2ccc(Cn3c(=O)c4ccccc4n(CC(=O)Nc4ccccc4F)c3=O)cc2)cc1. The number of aryl methyl sites for hydroxylation is 1. The van der Waals surface area contributed by atoms with Crippen molar-refractivity contribution in [2.75, 3.05) is 5.32 Å². The summed E-state index contributed by atoms with van der Waals surface area (Å²) in [4.78, 5) is 52.2. The Kier molecular flexibility index (Phi) is 7.87. The summed E-state index contributed by atoms with van der Waals surface area (Å²) < 4.78 is 16.3. The highest BCUT2D eigenvalue weighted by molar-refractivity contribution is 5.94. The molecule has 8 nitrogen and oxygen atoms in total. The molecule has 0 unspecified atom stereocenters. The summed E-state index contributed by atoms with van der Waals surface area (Å²) in [6.45, 7) is 1.89. The number of halogens is 1. The zero-order chi connectivity index (χ0) is 28.9. The fourth-order valence-electron chi connectivity index (χ4n) is 4.49. The van der Waals surface area contributed by atoms with E-state index in [1.54, 1.807) is 54.6 Å². The van der Waals surface area contributed by atoms with Gasteiger partial charge >= 0.3 is 5.69 Å². The number of benzene rings is 4. The summed E-state index contributed by atoms with van der Waals surface area (Å²) in [5, 5.41) is 5.62. The number of hydrogen-bond donors (Lipinski definition) is 2. The lowest BCUT2D eigenvalue weighted by Gasteiger charge is -2.14. The van der Waals surface area contributed by atoms with Crippen molar-refractivity contribution in [3.63, 3.8) is 0 Å². The molecule has 5 aromatic rings. The van der Waals surface area contributed by atoms with E-state index in [4.69, 9.17) is 0 Å². The lowest BCUT2D eigenvalue weighted by atomic mass is 10.1. The minimum atomic E-state index is -0.683. The lowest BCUT2D eigenvalue weighted by Crippen LogP contribution is -2.42. The van der Waals surface area contributed by atoms with Crippen LogP contribution in [0, 0.1) is 12.7 Å². The number of aromatic nitrogens is 2. The van der Waals surface area contributed by atoms with Crippen molar-refractivity contribution in [1.29, 1.82) is 0 Å². The van der Waals surface area contributed by atoms with Gasteiger partial charge in [0.15, 0.2) is 0 Å². The van der Waals surface area contributed by atoms with Gasteiger partial charge in [-0.2, -0.15) is 0 Å². The van der Waals surface area contributed by atoms with Crippen LogP contribution in [0.2, 0.25) is 0 Å². The molecule has 1 aromatic heterocycles. The maximum Gasteiger partial charge on any atom is 0.332 e. The third kappa shape index (κ3) is 6.14. The van der Waals surface area contributed by atoms with Crippen LogP contribution in [0.5, 0.6) is 0 Å². The Labute approximate surface area is 234 Å². The molecule has 41 heavy (non-hydrogen) atoms. The molecule has 0 spiro atoms. The number of anilines is 1. The van der Waals surface area contributed by atoms with Crippen LogP contribution in [0.15, 0.2) is 107 Å². The highest BCUT2D eigenvalue weighted by Gasteiger charge is 2.17. The molecule has 4 aromatic carbocycles. The van der Waals surface area contributed by atoms with Crippen molar-refractivity contribution in [2.45, 2.75) is 26.6 Å². The van der Waals surface area contributed by atoms with E-state index in [1.807, 2.05) is 31.2 Å². The molecule has 1 heterocycles. The van der Waals surface area contributed by atoms with Crippen LogP contribution < -0.4 is 21.9 Å². The van der Waals surface area contributed by atoms with Gasteiger partial charge in [-0.25, -0.2) is 9.18 Å². The summed E-state index contributed by atoms with van der Waals surface area (Å²) in [6, 6.07) is 26.7. The van der Waals surface area contributed by atoms with Gasteiger partial charge in [0.2, 0.25) is 5.91 Å². The van der Waals surface area contributed by atoms with Gasteiger partial charge in [-0.3, -0.25) is 23.5 Å². The van der Waals surface area contributed by atoms with Gasteiger partial charge < -0.3 is 10.6 Å². The fourth-order valence-corrected chi connectivity index (χ4v) is 4.49. The normalized spacial score (nSPS) is 10.9. The first kappa shape index (κ1) is 27.3. The number of carbonyl (C=O) groups is 2. The smallest absolute Gasteiger partial charge is 0.332 e. The Morgan fingerprint density at radius 2 is 1.44 bits per heavy atom. The van der Waals surface area contributed by atoms with Gasteiger partial charge in [-0.05, 0) is 54.4 Å². The second kappa shape index (κ2) is 11.8. The first-order chi connectivity index (χ1) is 19.8. The predicted octanol–water partition coefficient (Wildman–Crippen LogP) is 4.23. The third-order valence-electron chi connectivity index (χ3n) is 6.71. The van der Waals surface area contributed by atoms with Gasteiger partial charge in [0.05, 0.1) is 23.1 Å². The van der Waals surface area contributed by atoms with Gasteiger partial charge in [-0.15, -0.1) is 0 Å². The van der Waals surface area contributed by atoms with Crippen molar-refractivity contribution >= 4 is 28.4 Å². The molecule has 0 saturated carbocycles. The Morgan fingerprint density at radius 1 is 0.780 bits per heavy atom. The van der Waals surface area contributed by atoms with E-state index in [-0.39, 0.29) is 23.5 Å². The van der Waals surface area contributed by atoms with Crippen LogP contribution in [-0.4, -0.2) is 20.9 Å². The molecule has 2 amide bonds. The number of para-hydroxylation sites is 2. The van der Waals surface area contributed by atoms with Crippen LogP contribution in [0.4, 0.5) is 10.1 Å². The zero-order valence-corrected chi connectivity index (χ0v) is 22.3. The number of nitrogens with zero attached hydrogens (tertiary/aromatic N) is 2. The van der Waals surface area contributed by atoms with Crippen LogP contribution in [-0.2, 0) is 24.4 Å². The van der Waals surface area contributed by atoms with Crippen molar-refractivity contribution in [3.05, 3.63) is 146 Å². The Bertz CT molecular complexity index is 1860. The van der Waals surface area contributed by atoms with Crippen LogP contribution in [0.25, 0.3) is 10.9 Å². The van der Waals surface area contributed by atoms with Crippen LogP contribution in [0.1, 0.15) is 27.0 Å².